The van der Waals surface area contributed by atoms with E-state index < -0.39 is 0 Å². The quantitative estimate of drug-likeness (QED) is 0.777. The standard InChI is InChI=1S/C14H18INO2/c1-16(10-11-6-4-5-9-18-11)14(17)12-7-2-3-8-13(12)15/h2-3,7-8,11H,4-6,9-10H2,1H3. The lowest BCUT2D eigenvalue weighted by atomic mass is 10.1. The molecular weight excluding hydrogens is 341 g/mol. The van der Waals surface area contributed by atoms with Gasteiger partial charge in [-0.3, -0.25) is 4.79 Å². The van der Waals surface area contributed by atoms with Crippen LogP contribution in [0.5, 0.6) is 0 Å². The van der Waals surface area contributed by atoms with Crippen molar-refractivity contribution in [2.75, 3.05) is 20.2 Å². The first kappa shape index (κ1) is 13.8. The van der Waals surface area contributed by atoms with Crippen molar-refractivity contribution < 1.29 is 9.53 Å². The number of halogens is 1. The number of hydrogen-bond donors (Lipinski definition) is 0. The Morgan fingerprint density at radius 3 is 2.89 bits per heavy atom. The molecule has 1 atom stereocenters. The molecule has 0 radical (unpaired) electrons. The number of rotatable bonds is 3. The number of carbonyl (C=O) groups excluding carboxylic acids is 1. The molecular formula is C14H18INO2. The first-order chi connectivity index (χ1) is 8.68. The van der Waals surface area contributed by atoms with Crippen LogP contribution in [0, 0.1) is 3.57 Å². The van der Waals surface area contributed by atoms with E-state index in [2.05, 4.69) is 22.6 Å². The molecule has 1 aromatic carbocycles. The Morgan fingerprint density at radius 1 is 1.44 bits per heavy atom. The zero-order valence-corrected chi connectivity index (χ0v) is 12.7. The third-order valence-corrected chi connectivity index (χ3v) is 4.14. The van der Waals surface area contributed by atoms with Crippen LogP contribution in [-0.2, 0) is 4.74 Å². The molecule has 0 N–H and O–H groups in total. The van der Waals surface area contributed by atoms with Crippen molar-refractivity contribution >= 4 is 28.5 Å². The van der Waals surface area contributed by atoms with Gasteiger partial charge in [-0.1, -0.05) is 12.1 Å². The summed E-state index contributed by atoms with van der Waals surface area (Å²) in [5, 5.41) is 0. The largest absolute Gasteiger partial charge is 0.376 e. The van der Waals surface area contributed by atoms with Crippen LogP contribution in [-0.4, -0.2) is 37.1 Å². The average Bonchev–Trinajstić information content (AvgIpc) is 2.39. The van der Waals surface area contributed by atoms with Crippen molar-refractivity contribution in [1.29, 1.82) is 0 Å². The van der Waals surface area contributed by atoms with E-state index in [9.17, 15) is 4.79 Å². The molecule has 1 amide bonds. The van der Waals surface area contributed by atoms with E-state index in [0.29, 0.717) is 6.54 Å². The third-order valence-electron chi connectivity index (χ3n) is 3.20. The van der Waals surface area contributed by atoms with Crippen LogP contribution in [0.25, 0.3) is 0 Å². The van der Waals surface area contributed by atoms with Gasteiger partial charge in [0.15, 0.2) is 0 Å². The summed E-state index contributed by atoms with van der Waals surface area (Å²) < 4.78 is 6.67. The normalized spacial score (nSPS) is 19.6. The van der Waals surface area contributed by atoms with Crippen molar-refractivity contribution in [1.82, 2.24) is 4.90 Å². The molecule has 1 fully saturated rings. The Hall–Kier alpha value is -0.620. The van der Waals surface area contributed by atoms with Gasteiger partial charge in [0.1, 0.15) is 0 Å². The van der Waals surface area contributed by atoms with Gasteiger partial charge in [-0.2, -0.15) is 0 Å². The number of benzene rings is 1. The Balaban J connectivity index is 1.98. The molecule has 0 bridgehead atoms. The van der Waals surface area contributed by atoms with Gasteiger partial charge in [-0.05, 0) is 54.0 Å². The van der Waals surface area contributed by atoms with Gasteiger partial charge < -0.3 is 9.64 Å². The molecule has 1 heterocycles. The number of likely N-dealkylation sites (N-methyl/N-ethyl adjacent to an activating group) is 1. The second-order valence-corrected chi connectivity index (χ2v) is 5.82. The van der Waals surface area contributed by atoms with Crippen LogP contribution in [0.15, 0.2) is 24.3 Å². The molecule has 0 saturated carbocycles. The first-order valence-electron chi connectivity index (χ1n) is 6.30. The molecule has 0 spiro atoms. The van der Waals surface area contributed by atoms with Crippen LogP contribution in [0.4, 0.5) is 0 Å². The van der Waals surface area contributed by atoms with E-state index >= 15 is 0 Å². The van der Waals surface area contributed by atoms with Crippen LogP contribution < -0.4 is 0 Å². The third kappa shape index (κ3) is 3.45. The van der Waals surface area contributed by atoms with E-state index in [1.165, 1.54) is 6.42 Å². The minimum absolute atomic E-state index is 0.0779. The van der Waals surface area contributed by atoms with Crippen molar-refractivity contribution in [2.24, 2.45) is 0 Å². The Morgan fingerprint density at radius 2 is 2.22 bits per heavy atom. The molecule has 1 saturated heterocycles. The summed E-state index contributed by atoms with van der Waals surface area (Å²) in [7, 11) is 1.85. The van der Waals surface area contributed by atoms with E-state index in [-0.39, 0.29) is 12.0 Å². The number of carbonyl (C=O) groups is 1. The summed E-state index contributed by atoms with van der Waals surface area (Å²) in [4.78, 5) is 14.1. The Bertz CT molecular complexity index is 416. The van der Waals surface area contributed by atoms with Gasteiger partial charge in [0.2, 0.25) is 0 Å². The van der Waals surface area contributed by atoms with Crippen molar-refractivity contribution in [2.45, 2.75) is 25.4 Å². The monoisotopic (exact) mass is 359 g/mol. The highest BCUT2D eigenvalue weighted by Crippen LogP contribution is 2.16. The SMILES string of the molecule is CN(CC1CCCCO1)C(=O)c1ccccc1I. The Labute approximate surface area is 122 Å². The maximum atomic E-state index is 12.3. The minimum atomic E-state index is 0.0779. The Kier molecular flexibility index (Phi) is 5.00. The summed E-state index contributed by atoms with van der Waals surface area (Å²) in [6.07, 6.45) is 3.61. The highest BCUT2D eigenvalue weighted by molar-refractivity contribution is 14.1. The van der Waals surface area contributed by atoms with Crippen molar-refractivity contribution in [3.63, 3.8) is 0 Å². The molecule has 3 nitrogen and oxygen atoms in total. The fourth-order valence-corrected chi connectivity index (χ4v) is 2.80. The summed E-state index contributed by atoms with van der Waals surface area (Å²) in [6, 6.07) is 7.68. The lowest BCUT2D eigenvalue weighted by Crippen LogP contribution is -2.37. The van der Waals surface area contributed by atoms with Gasteiger partial charge in [0, 0.05) is 23.8 Å². The lowest BCUT2D eigenvalue weighted by Gasteiger charge is -2.27. The summed E-state index contributed by atoms with van der Waals surface area (Å²) >= 11 is 2.20. The molecule has 1 aliphatic heterocycles. The van der Waals surface area contributed by atoms with Gasteiger partial charge in [0.05, 0.1) is 11.7 Å². The smallest absolute Gasteiger partial charge is 0.254 e. The maximum absolute atomic E-state index is 12.3. The van der Waals surface area contributed by atoms with E-state index in [1.54, 1.807) is 4.90 Å². The predicted molar refractivity (Wildman–Crippen MR) is 79.7 cm³/mol. The number of amides is 1. The van der Waals surface area contributed by atoms with Gasteiger partial charge in [-0.25, -0.2) is 0 Å². The zero-order chi connectivity index (χ0) is 13.0. The molecule has 1 aliphatic rings. The van der Waals surface area contributed by atoms with Crippen molar-refractivity contribution in [3.05, 3.63) is 33.4 Å². The zero-order valence-electron chi connectivity index (χ0n) is 10.6. The highest BCUT2D eigenvalue weighted by atomic mass is 127. The fraction of sp³-hybridized carbons (Fsp3) is 0.500. The molecule has 0 aromatic heterocycles. The molecule has 1 aromatic rings. The number of hydrogen-bond acceptors (Lipinski definition) is 2. The average molecular weight is 359 g/mol. The maximum Gasteiger partial charge on any atom is 0.254 e. The summed E-state index contributed by atoms with van der Waals surface area (Å²) in [6.45, 7) is 1.51. The molecule has 2 rings (SSSR count). The van der Waals surface area contributed by atoms with Crippen LogP contribution in [0.2, 0.25) is 0 Å². The van der Waals surface area contributed by atoms with Crippen LogP contribution in [0.3, 0.4) is 0 Å². The minimum Gasteiger partial charge on any atom is -0.376 e. The first-order valence-corrected chi connectivity index (χ1v) is 7.38. The van der Waals surface area contributed by atoms with E-state index in [4.69, 9.17) is 4.74 Å². The topological polar surface area (TPSA) is 29.5 Å². The molecule has 1 unspecified atom stereocenters. The van der Waals surface area contributed by atoms with Gasteiger partial charge in [-0.15, -0.1) is 0 Å². The second kappa shape index (κ2) is 6.52. The molecule has 4 heteroatoms. The number of nitrogens with zero attached hydrogens (tertiary/aromatic N) is 1. The summed E-state index contributed by atoms with van der Waals surface area (Å²) in [5.74, 6) is 0.0779. The number of ether oxygens (including phenoxy) is 1. The van der Waals surface area contributed by atoms with Gasteiger partial charge >= 0.3 is 0 Å². The fourth-order valence-electron chi connectivity index (χ4n) is 2.18. The molecule has 98 valence electrons. The summed E-state index contributed by atoms with van der Waals surface area (Å²) in [5.41, 5.74) is 0.774. The molecule has 18 heavy (non-hydrogen) atoms. The van der Waals surface area contributed by atoms with Crippen LogP contribution >= 0.6 is 22.6 Å². The highest BCUT2D eigenvalue weighted by Gasteiger charge is 2.20. The van der Waals surface area contributed by atoms with E-state index in [1.807, 2.05) is 31.3 Å². The van der Waals surface area contributed by atoms with Crippen LogP contribution in [0.1, 0.15) is 29.6 Å². The second-order valence-electron chi connectivity index (χ2n) is 4.65. The van der Waals surface area contributed by atoms with E-state index in [0.717, 1.165) is 28.6 Å². The van der Waals surface area contributed by atoms with Crippen molar-refractivity contribution in [3.8, 4) is 0 Å². The molecule has 0 aliphatic carbocycles. The van der Waals surface area contributed by atoms with Gasteiger partial charge in [0.25, 0.3) is 5.91 Å². The lowest BCUT2D eigenvalue weighted by molar-refractivity contribution is -0.000206. The predicted octanol–water partition coefficient (Wildman–Crippen LogP) is 2.93.